The molecule has 6 nitrogen and oxygen atoms in total. The zero-order valence-corrected chi connectivity index (χ0v) is 13.4. The van der Waals surface area contributed by atoms with Crippen LogP contribution >= 0.6 is 0 Å². The highest BCUT2D eigenvalue weighted by Gasteiger charge is 2.27. The lowest BCUT2D eigenvalue weighted by atomic mass is 10.2. The summed E-state index contributed by atoms with van der Waals surface area (Å²) in [7, 11) is 2.17. The lowest BCUT2D eigenvalue weighted by Gasteiger charge is -2.20. The Balaban J connectivity index is 1.76. The SMILES string of the molecule is CC(C)N(C)CCCCNc1cc(NN)nc(C2CC2)n1. The smallest absolute Gasteiger partial charge is 0.145 e. The van der Waals surface area contributed by atoms with E-state index in [0.29, 0.717) is 17.8 Å². The van der Waals surface area contributed by atoms with Crippen LogP contribution in [-0.4, -0.2) is 41.0 Å². The first-order valence-corrected chi connectivity index (χ1v) is 7.90. The lowest BCUT2D eigenvalue weighted by Crippen LogP contribution is -2.27. The van der Waals surface area contributed by atoms with Gasteiger partial charge in [0.1, 0.15) is 17.5 Å². The van der Waals surface area contributed by atoms with Crippen LogP contribution in [0, 0.1) is 0 Å². The molecule has 6 heteroatoms. The molecule has 0 unspecified atom stereocenters. The van der Waals surface area contributed by atoms with Crippen LogP contribution < -0.4 is 16.6 Å². The average molecular weight is 292 g/mol. The number of hydrogen-bond acceptors (Lipinski definition) is 6. The molecule has 0 amide bonds. The van der Waals surface area contributed by atoms with E-state index < -0.39 is 0 Å². The third-order valence-corrected chi connectivity index (χ3v) is 3.96. The van der Waals surface area contributed by atoms with Crippen molar-refractivity contribution in [3.63, 3.8) is 0 Å². The van der Waals surface area contributed by atoms with E-state index in [1.54, 1.807) is 0 Å². The maximum atomic E-state index is 5.47. The number of nitrogen functional groups attached to an aromatic ring is 1. The molecule has 0 aliphatic heterocycles. The van der Waals surface area contributed by atoms with Crippen molar-refractivity contribution in [1.82, 2.24) is 14.9 Å². The fourth-order valence-corrected chi connectivity index (χ4v) is 2.12. The Hall–Kier alpha value is -1.40. The maximum Gasteiger partial charge on any atom is 0.145 e. The van der Waals surface area contributed by atoms with E-state index in [0.717, 1.165) is 31.2 Å². The standard InChI is InChI=1S/C15H28N6/c1-11(2)21(3)9-5-4-8-17-13-10-14(20-16)19-15(18-13)12-6-7-12/h10-12H,4-9,16H2,1-3H3,(H2,17,18,19,20). The van der Waals surface area contributed by atoms with Gasteiger partial charge in [0.25, 0.3) is 0 Å². The van der Waals surface area contributed by atoms with Crippen LogP contribution in [0.5, 0.6) is 0 Å². The van der Waals surface area contributed by atoms with Crippen LogP contribution in [0.1, 0.15) is 51.3 Å². The summed E-state index contributed by atoms with van der Waals surface area (Å²) in [5, 5.41) is 3.38. The van der Waals surface area contributed by atoms with Crippen LogP contribution in [0.4, 0.5) is 11.6 Å². The molecular weight excluding hydrogens is 264 g/mol. The van der Waals surface area contributed by atoms with Gasteiger partial charge in [-0.05, 0) is 53.1 Å². The molecule has 0 bridgehead atoms. The number of aromatic nitrogens is 2. The van der Waals surface area contributed by atoms with Crippen LogP contribution in [0.15, 0.2) is 6.07 Å². The minimum absolute atomic E-state index is 0.526. The summed E-state index contributed by atoms with van der Waals surface area (Å²) in [6.45, 7) is 6.50. The molecule has 0 spiro atoms. The van der Waals surface area contributed by atoms with Gasteiger partial charge >= 0.3 is 0 Å². The second-order valence-corrected chi connectivity index (χ2v) is 6.12. The second-order valence-electron chi connectivity index (χ2n) is 6.12. The van der Waals surface area contributed by atoms with Crippen LogP contribution in [0.3, 0.4) is 0 Å². The predicted octanol–water partition coefficient (Wildman–Crippen LogP) is 2.17. The minimum atomic E-state index is 0.526. The first-order valence-electron chi connectivity index (χ1n) is 7.90. The number of unbranched alkanes of at least 4 members (excludes halogenated alkanes) is 1. The van der Waals surface area contributed by atoms with Gasteiger partial charge in [0.15, 0.2) is 0 Å². The molecule has 1 aliphatic rings. The van der Waals surface area contributed by atoms with E-state index in [1.165, 1.54) is 19.3 Å². The van der Waals surface area contributed by atoms with Crippen molar-refractivity contribution in [1.29, 1.82) is 0 Å². The molecule has 1 aromatic rings. The number of hydrazine groups is 1. The maximum absolute atomic E-state index is 5.47. The second kappa shape index (κ2) is 7.56. The molecule has 21 heavy (non-hydrogen) atoms. The molecule has 1 fully saturated rings. The Bertz CT molecular complexity index is 444. The van der Waals surface area contributed by atoms with E-state index in [9.17, 15) is 0 Å². The molecule has 1 aliphatic carbocycles. The van der Waals surface area contributed by atoms with Gasteiger partial charge in [0, 0.05) is 24.6 Å². The van der Waals surface area contributed by atoms with E-state index in [1.807, 2.05) is 6.07 Å². The fraction of sp³-hybridized carbons (Fsp3) is 0.733. The molecular formula is C15H28N6. The van der Waals surface area contributed by atoms with Crippen molar-refractivity contribution in [2.45, 2.75) is 51.5 Å². The number of anilines is 2. The van der Waals surface area contributed by atoms with Gasteiger partial charge in [-0.15, -0.1) is 0 Å². The van der Waals surface area contributed by atoms with Crippen LogP contribution in [0.25, 0.3) is 0 Å². The highest BCUT2D eigenvalue weighted by Crippen LogP contribution is 2.38. The summed E-state index contributed by atoms with van der Waals surface area (Å²) in [5.41, 5.74) is 2.62. The molecule has 0 atom stereocenters. The van der Waals surface area contributed by atoms with Crippen LogP contribution in [-0.2, 0) is 0 Å². The Morgan fingerprint density at radius 2 is 2.00 bits per heavy atom. The summed E-state index contributed by atoms with van der Waals surface area (Å²) in [5.74, 6) is 8.47. The predicted molar refractivity (Wildman–Crippen MR) is 87.3 cm³/mol. The van der Waals surface area contributed by atoms with Crippen molar-refractivity contribution in [2.24, 2.45) is 5.84 Å². The number of hydrogen-bond donors (Lipinski definition) is 3. The van der Waals surface area contributed by atoms with Crippen molar-refractivity contribution < 1.29 is 0 Å². The summed E-state index contributed by atoms with van der Waals surface area (Å²) < 4.78 is 0. The van der Waals surface area contributed by atoms with Gasteiger partial charge in [-0.2, -0.15) is 0 Å². The van der Waals surface area contributed by atoms with E-state index >= 15 is 0 Å². The van der Waals surface area contributed by atoms with E-state index in [2.05, 4.69) is 46.5 Å². The number of rotatable bonds is 9. The fourth-order valence-electron chi connectivity index (χ4n) is 2.12. The third-order valence-electron chi connectivity index (χ3n) is 3.96. The van der Waals surface area contributed by atoms with Crippen molar-refractivity contribution in [3.05, 3.63) is 11.9 Å². The zero-order valence-electron chi connectivity index (χ0n) is 13.4. The normalized spacial score (nSPS) is 14.8. The van der Waals surface area contributed by atoms with E-state index in [-0.39, 0.29) is 0 Å². The summed E-state index contributed by atoms with van der Waals surface area (Å²) in [6.07, 6.45) is 4.69. The lowest BCUT2D eigenvalue weighted by molar-refractivity contribution is 0.269. The molecule has 0 aromatic carbocycles. The Labute approximate surface area is 127 Å². The van der Waals surface area contributed by atoms with Gasteiger partial charge in [0.05, 0.1) is 0 Å². The molecule has 4 N–H and O–H groups in total. The Morgan fingerprint density at radius 1 is 1.29 bits per heavy atom. The van der Waals surface area contributed by atoms with Gasteiger partial charge < -0.3 is 15.6 Å². The van der Waals surface area contributed by atoms with Gasteiger partial charge in [-0.1, -0.05) is 0 Å². The molecule has 1 aromatic heterocycles. The molecule has 2 rings (SSSR count). The van der Waals surface area contributed by atoms with E-state index in [4.69, 9.17) is 5.84 Å². The third kappa shape index (κ3) is 5.13. The first-order chi connectivity index (χ1) is 10.1. The Kier molecular flexibility index (Phi) is 5.76. The average Bonchev–Trinajstić information content (AvgIpc) is 3.30. The van der Waals surface area contributed by atoms with Gasteiger partial charge in [-0.25, -0.2) is 15.8 Å². The van der Waals surface area contributed by atoms with Crippen LogP contribution in [0.2, 0.25) is 0 Å². The van der Waals surface area contributed by atoms with Crippen molar-refractivity contribution >= 4 is 11.6 Å². The highest BCUT2D eigenvalue weighted by molar-refractivity contribution is 5.47. The van der Waals surface area contributed by atoms with Gasteiger partial charge in [-0.3, -0.25) is 0 Å². The largest absolute Gasteiger partial charge is 0.370 e. The van der Waals surface area contributed by atoms with Gasteiger partial charge in [0.2, 0.25) is 0 Å². The minimum Gasteiger partial charge on any atom is -0.370 e. The molecule has 1 saturated carbocycles. The quantitative estimate of drug-likeness (QED) is 0.368. The Morgan fingerprint density at radius 3 is 2.62 bits per heavy atom. The number of nitrogens with one attached hydrogen (secondary N) is 2. The summed E-state index contributed by atoms with van der Waals surface area (Å²) in [4.78, 5) is 11.4. The summed E-state index contributed by atoms with van der Waals surface area (Å²) in [6, 6.07) is 2.48. The molecule has 0 saturated heterocycles. The monoisotopic (exact) mass is 292 g/mol. The van der Waals surface area contributed by atoms with Crippen molar-refractivity contribution in [3.8, 4) is 0 Å². The molecule has 0 radical (unpaired) electrons. The first kappa shape index (κ1) is 16.0. The zero-order chi connectivity index (χ0) is 15.2. The highest BCUT2D eigenvalue weighted by atomic mass is 15.3. The number of nitrogens with zero attached hydrogens (tertiary/aromatic N) is 3. The number of nitrogens with two attached hydrogens (primary N) is 1. The topological polar surface area (TPSA) is 79.1 Å². The van der Waals surface area contributed by atoms with Crippen molar-refractivity contribution in [2.75, 3.05) is 30.9 Å². The molecule has 118 valence electrons. The molecule has 1 heterocycles. The summed E-state index contributed by atoms with van der Waals surface area (Å²) >= 11 is 0.